The van der Waals surface area contributed by atoms with Crippen LogP contribution in [0, 0.1) is 0 Å². The SMILES string of the molecule is COc1ccc(Cl)cc1NC(=O)c1nn2c(c1Cl)N[C@H](c1cccs1)C[C@H]2C(F)(F)F. The van der Waals surface area contributed by atoms with Gasteiger partial charge in [0.25, 0.3) is 5.91 Å². The number of nitrogens with one attached hydrogen (secondary N) is 2. The number of carbonyl (C=O) groups is 1. The summed E-state index contributed by atoms with van der Waals surface area (Å²) in [5.41, 5.74) is -0.105. The Bertz CT molecular complexity index is 1120. The molecule has 0 bridgehead atoms. The van der Waals surface area contributed by atoms with Gasteiger partial charge >= 0.3 is 6.18 Å². The van der Waals surface area contributed by atoms with Crippen LogP contribution >= 0.6 is 34.5 Å². The van der Waals surface area contributed by atoms with Crippen LogP contribution in [0.1, 0.15) is 33.9 Å². The number of ether oxygens (including phenoxy) is 1. The molecule has 1 aliphatic rings. The number of alkyl halides is 3. The molecule has 1 amide bonds. The van der Waals surface area contributed by atoms with Crippen LogP contribution in [0.4, 0.5) is 24.7 Å². The molecule has 1 aromatic carbocycles. The number of rotatable bonds is 4. The van der Waals surface area contributed by atoms with Crippen LogP contribution < -0.4 is 15.4 Å². The summed E-state index contributed by atoms with van der Waals surface area (Å²) in [6.45, 7) is 0. The van der Waals surface area contributed by atoms with Gasteiger partial charge in [-0.1, -0.05) is 29.3 Å². The molecule has 0 aliphatic carbocycles. The zero-order valence-electron chi connectivity index (χ0n) is 15.8. The van der Waals surface area contributed by atoms with Crippen LogP contribution in [-0.2, 0) is 0 Å². The second kappa shape index (κ2) is 8.25. The Morgan fingerprint density at radius 3 is 2.77 bits per heavy atom. The van der Waals surface area contributed by atoms with Crippen molar-refractivity contribution in [3.05, 3.63) is 56.3 Å². The predicted octanol–water partition coefficient (Wildman–Crippen LogP) is 6.17. The van der Waals surface area contributed by atoms with Crippen molar-refractivity contribution in [3.8, 4) is 5.75 Å². The summed E-state index contributed by atoms with van der Waals surface area (Å²) in [7, 11) is 1.41. The van der Waals surface area contributed by atoms with Crippen molar-refractivity contribution in [1.82, 2.24) is 9.78 Å². The first-order valence-electron chi connectivity index (χ1n) is 8.98. The van der Waals surface area contributed by atoms with Gasteiger partial charge in [0.15, 0.2) is 11.7 Å². The van der Waals surface area contributed by atoms with Gasteiger partial charge in [-0.05, 0) is 29.6 Å². The number of carbonyl (C=O) groups excluding carboxylic acids is 1. The Labute approximate surface area is 188 Å². The van der Waals surface area contributed by atoms with Crippen LogP contribution in [0.3, 0.4) is 0 Å². The van der Waals surface area contributed by atoms with Crippen molar-refractivity contribution in [1.29, 1.82) is 0 Å². The lowest BCUT2D eigenvalue weighted by molar-refractivity contribution is -0.173. The lowest BCUT2D eigenvalue weighted by Gasteiger charge is -2.32. The first-order valence-corrected chi connectivity index (χ1v) is 10.6. The van der Waals surface area contributed by atoms with E-state index in [0.717, 1.165) is 9.56 Å². The molecular formula is C19H15Cl2F3N4O2S. The molecule has 1 aliphatic heterocycles. The van der Waals surface area contributed by atoms with E-state index in [1.54, 1.807) is 29.6 Å². The maximum absolute atomic E-state index is 13.8. The molecule has 2 atom stereocenters. The molecule has 3 aromatic rings. The van der Waals surface area contributed by atoms with Crippen molar-refractivity contribution in [2.45, 2.75) is 24.7 Å². The molecule has 12 heteroatoms. The molecule has 2 N–H and O–H groups in total. The highest BCUT2D eigenvalue weighted by Gasteiger charge is 2.48. The monoisotopic (exact) mass is 490 g/mol. The maximum Gasteiger partial charge on any atom is 0.410 e. The average Bonchev–Trinajstić information content (AvgIpc) is 3.35. The first kappa shape index (κ1) is 21.8. The summed E-state index contributed by atoms with van der Waals surface area (Å²) in [6, 6.07) is 5.52. The van der Waals surface area contributed by atoms with Gasteiger partial charge in [-0.25, -0.2) is 4.68 Å². The third-order valence-corrected chi connectivity index (χ3v) is 6.39. The quantitative estimate of drug-likeness (QED) is 0.458. The van der Waals surface area contributed by atoms with Crippen molar-refractivity contribution in [3.63, 3.8) is 0 Å². The predicted molar refractivity (Wildman–Crippen MR) is 114 cm³/mol. The van der Waals surface area contributed by atoms with Gasteiger partial charge in [-0.15, -0.1) is 11.3 Å². The molecule has 0 fully saturated rings. The smallest absolute Gasteiger partial charge is 0.410 e. The minimum atomic E-state index is -4.58. The molecule has 4 rings (SSSR count). The summed E-state index contributed by atoms with van der Waals surface area (Å²) in [5.74, 6) is -0.526. The molecule has 2 aromatic heterocycles. The van der Waals surface area contributed by atoms with E-state index in [2.05, 4.69) is 15.7 Å². The van der Waals surface area contributed by atoms with Crippen LogP contribution in [-0.4, -0.2) is 29.0 Å². The molecule has 0 radical (unpaired) electrons. The number of hydrogen-bond donors (Lipinski definition) is 2. The maximum atomic E-state index is 13.8. The highest BCUT2D eigenvalue weighted by molar-refractivity contribution is 7.10. The Balaban J connectivity index is 1.71. The largest absolute Gasteiger partial charge is 0.495 e. The summed E-state index contributed by atoms with van der Waals surface area (Å²) >= 11 is 13.6. The Hall–Kier alpha value is -2.43. The topological polar surface area (TPSA) is 68.2 Å². The molecule has 0 saturated heterocycles. The molecule has 0 unspecified atom stereocenters. The molecule has 31 heavy (non-hydrogen) atoms. The van der Waals surface area contributed by atoms with E-state index in [9.17, 15) is 18.0 Å². The van der Waals surface area contributed by atoms with Gasteiger partial charge < -0.3 is 15.4 Å². The number of methoxy groups -OCH3 is 1. The second-order valence-electron chi connectivity index (χ2n) is 6.76. The third-order valence-electron chi connectivity index (χ3n) is 4.81. The fraction of sp³-hybridized carbons (Fsp3) is 0.263. The lowest BCUT2D eigenvalue weighted by atomic mass is 10.0. The molecular weight excluding hydrogens is 476 g/mol. The number of nitrogens with zero attached hydrogens (tertiary/aromatic N) is 2. The van der Waals surface area contributed by atoms with E-state index in [-0.39, 0.29) is 28.6 Å². The fourth-order valence-corrected chi connectivity index (χ4v) is 4.60. The van der Waals surface area contributed by atoms with Gasteiger partial charge in [0.2, 0.25) is 0 Å². The number of amides is 1. The average molecular weight is 491 g/mol. The minimum absolute atomic E-state index is 0.0585. The molecule has 0 saturated carbocycles. The van der Waals surface area contributed by atoms with Crippen LogP contribution in [0.15, 0.2) is 35.7 Å². The number of thiophene rings is 1. The van der Waals surface area contributed by atoms with E-state index in [4.69, 9.17) is 27.9 Å². The molecule has 6 nitrogen and oxygen atoms in total. The number of halogens is 5. The Kier molecular flexibility index (Phi) is 5.80. The summed E-state index contributed by atoms with van der Waals surface area (Å²) < 4.78 is 47.3. The first-order chi connectivity index (χ1) is 14.7. The molecule has 0 spiro atoms. The van der Waals surface area contributed by atoms with Gasteiger partial charge in [-0.3, -0.25) is 4.79 Å². The normalized spacial score (nSPS) is 18.3. The number of aromatic nitrogens is 2. The van der Waals surface area contributed by atoms with E-state index < -0.39 is 24.2 Å². The van der Waals surface area contributed by atoms with Crippen LogP contribution in [0.5, 0.6) is 5.75 Å². The van der Waals surface area contributed by atoms with Gasteiger partial charge in [0.1, 0.15) is 16.6 Å². The molecule has 3 heterocycles. The minimum Gasteiger partial charge on any atom is -0.495 e. The number of hydrogen-bond acceptors (Lipinski definition) is 5. The summed E-state index contributed by atoms with van der Waals surface area (Å²) in [5, 5.41) is 11.4. The van der Waals surface area contributed by atoms with Gasteiger partial charge in [-0.2, -0.15) is 18.3 Å². The Morgan fingerprint density at radius 1 is 1.35 bits per heavy atom. The van der Waals surface area contributed by atoms with Crippen molar-refractivity contribution in [2.24, 2.45) is 0 Å². The van der Waals surface area contributed by atoms with Crippen LogP contribution in [0.25, 0.3) is 0 Å². The van der Waals surface area contributed by atoms with E-state index in [1.807, 2.05) is 0 Å². The summed E-state index contributed by atoms with van der Waals surface area (Å²) in [6.07, 6.45) is -4.86. The number of anilines is 2. The highest BCUT2D eigenvalue weighted by Crippen LogP contribution is 2.47. The van der Waals surface area contributed by atoms with Gasteiger partial charge in [0, 0.05) is 16.3 Å². The van der Waals surface area contributed by atoms with Crippen molar-refractivity contribution < 1.29 is 22.7 Å². The second-order valence-corrected chi connectivity index (χ2v) is 8.55. The van der Waals surface area contributed by atoms with Crippen molar-refractivity contribution >= 4 is 52.0 Å². The number of fused-ring (bicyclic) bond motifs is 1. The van der Waals surface area contributed by atoms with E-state index >= 15 is 0 Å². The third kappa shape index (κ3) is 4.19. The van der Waals surface area contributed by atoms with Crippen molar-refractivity contribution in [2.75, 3.05) is 17.7 Å². The summed E-state index contributed by atoms with van der Waals surface area (Å²) in [4.78, 5) is 13.6. The lowest BCUT2D eigenvalue weighted by Crippen LogP contribution is -2.35. The number of benzene rings is 1. The van der Waals surface area contributed by atoms with Gasteiger partial charge in [0.05, 0.1) is 18.8 Å². The standard InChI is InChI=1S/C19H15Cl2F3N4O2S/c1-30-12-5-4-9(20)7-10(12)26-18(29)16-15(21)17-25-11(13-3-2-6-31-13)8-14(19(22,23)24)28(17)27-16/h2-7,11,14,25H,8H2,1H3,(H,26,29)/t11-,14-/m0/s1. The Morgan fingerprint density at radius 2 is 2.13 bits per heavy atom. The zero-order chi connectivity index (χ0) is 22.3. The fourth-order valence-electron chi connectivity index (χ4n) is 3.37. The van der Waals surface area contributed by atoms with E-state index in [1.165, 1.54) is 24.5 Å². The zero-order valence-corrected chi connectivity index (χ0v) is 18.2. The van der Waals surface area contributed by atoms with Crippen LogP contribution in [0.2, 0.25) is 10.0 Å². The van der Waals surface area contributed by atoms with E-state index in [0.29, 0.717) is 10.8 Å². The highest BCUT2D eigenvalue weighted by atomic mass is 35.5. The molecule has 164 valence electrons.